The fraction of sp³-hybridized carbons (Fsp3) is 0.258. The van der Waals surface area contributed by atoms with E-state index in [4.69, 9.17) is 26.1 Å². The number of nitrogens with zero attached hydrogens (tertiary/aromatic N) is 3. The van der Waals surface area contributed by atoms with Gasteiger partial charge in [-0.2, -0.15) is 0 Å². The Morgan fingerprint density at radius 1 is 1.07 bits per heavy atom. The Bertz CT molecular complexity index is 1840. The van der Waals surface area contributed by atoms with E-state index >= 15 is 0 Å². The van der Waals surface area contributed by atoms with Crippen LogP contribution >= 0.6 is 22.9 Å². The first-order chi connectivity index (χ1) is 19.3. The second-order valence-electron chi connectivity index (χ2n) is 9.36. The van der Waals surface area contributed by atoms with Crippen LogP contribution in [0.4, 0.5) is 0 Å². The average molecular weight is 576 g/mol. The van der Waals surface area contributed by atoms with Crippen LogP contribution in [0, 0.1) is 0 Å². The van der Waals surface area contributed by atoms with E-state index in [9.17, 15) is 9.59 Å². The van der Waals surface area contributed by atoms with Gasteiger partial charge < -0.3 is 14.4 Å². The quantitative estimate of drug-likeness (QED) is 0.313. The molecule has 4 aromatic rings. The molecule has 2 heterocycles. The number of carbonyl (C=O) groups is 1. The SMILES string of the molecule is CCN(CC)C(=O)C1=C(C)N=c2s/c(=C\c3ccc(OC)c(Cl)c3)c(=O)n2[C@H]1c1c(OC)ccc2ccccc12. The molecule has 0 fully saturated rings. The number of hydrogen-bond acceptors (Lipinski definition) is 6. The molecular weight excluding hydrogens is 546 g/mol. The molecule has 40 heavy (non-hydrogen) atoms. The van der Waals surface area contributed by atoms with E-state index < -0.39 is 6.04 Å². The Hall–Kier alpha value is -3.88. The fourth-order valence-corrected chi connectivity index (χ4v) is 6.52. The molecule has 0 saturated heterocycles. The van der Waals surface area contributed by atoms with E-state index in [1.807, 2.05) is 63.2 Å². The number of halogens is 1. The molecule has 0 N–H and O–H groups in total. The van der Waals surface area contributed by atoms with Gasteiger partial charge in [-0.15, -0.1) is 0 Å². The molecule has 3 aromatic carbocycles. The number of likely N-dealkylation sites (N-methyl/N-ethyl adjacent to an activating group) is 1. The molecule has 0 unspecified atom stereocenters. The molecule has 206 valence electrons. The summed E-state index contributed by atoms with van der Waals surface area (Å²) in [4.78, 5) is 35.3. The summed E-state index contributed by atoms with van der Waals surface area (Å²) >= 11 is 7.63. The summed E-state index contributed by atoms with van der Waals surface area (Å²) in [5.41, 5.74) is 2.31. The lowest BCUT2D eigenvalue weighted by Gasteiger charge is -2.30. The number of hydrogen-bond donors (Lipinski definition) is 0. The van der Waals surface area contributed by atoms with E-state index in [1.54, 1.807) is 41.9 Å². The number of amides is 1. The highest BCUT2D eigenvalue weighted by Gasteiger charge is 2.36. The summed E-state index contributed by atoms with van der Waals surface area (Å²) in [5.74, 6) is 1.00. The Morgan fingerprint density at radius 2 is 1.77 bits per heavy atom. The summed E-state index contributed by atoms with van der Waals surface area (Å²) in [6.07, 6.45) is 1.79. The maximum atomic E-state index is 14.2. The number of allylic oxidation sites excluding steroid dienone is 1. The summed E-state index contributed by atoms with van der Waals surface area (Å²) < 4.78 is 13.2. The molecule has 0 radical (unpaired) electrons. The first-order valence-electron chi connectivity index (χ1n) is 13.0. The molecule has 1 aromatic heterocycles. The van der Waals surface area contributed by atoms with Gasteiger partial charge in [0.15, 0.2) is 4.80 Å². The minimum absolute atomic E-state index is 0.151. The molecule has 1 aliphatic heterocycles. The topological polar surface area (TPSA) is 73.1 Å². The maximum absolute atomic E-state index is 14.2. The molecule has 1 atom stereocenters. The monoisotopic (exact) mass is 575 g/mol. The number of methoxy groups -OCH3 is 2. The fourth-order valence-electron chi connectivity index (χ4n) is 5.21. The van der Waals surface area contributed by atoms with E-state index in [1.165, 1.54) is 11.3 Å². The maximum Gasteiger partial charge on any atom is 0.271 e. The molecule has 1 aliphatic rings. The van der Waals surface area contributed by atoms with Crippen molar-refractivity contribution in [2.75, 3.05) is 27.3 Å². The van der Waals surface area contributed by atoms with Gasteiger partial charge in [0.05, 0.1) is 35.0 Å². The molecule has 9 heteroatoms. The van der Waals surface area contributed by atoms with Gasteiger partial charge in [-0.3, -0.25) is 14.2 Å². The summed E-state index contributed by atoms with van der Waals surface area (Å²) in [6, 6.07) is 16.4. The van der Waals surface area contributed by atoms with E-state index in [-0.39, 0.29) is 11.5 Å². The highest BCUT2D eigenvalue weighted by molar-refractivity contribution is 7.07. The first-order valence-corrected chi connectivity index (χ1v) is 14.2. The van der Waals surface area contributed by atoms with Crippen LogP contribution in [-0.2, 0) is 4.79 Å². The minimum atomic E-state index is -0.730. The minimum Gasteiger partial charge on any atom is -0.496 e. The second kappa shape index (κ2) is 11.3. The smallest absolute Gasteiger partial charge is 0.271 e. The first kappa shape index (κ1) is 27.7. The third-order valence-electron chi connectivity index (χ3n) is 7.20. The van der Waals surface area contributed by atoms with Crippen molar-refractivity contribution in [1.29, 1.82) is 0 Å². The standard InChI is InChI=1S/C31H30ClN3O4S/c1-6-34(7-2)30(37)26-18(3)33-31-35(28(26)27-21-11-9-8-10-20(21)13-15-24(27)39-5)29(36)25(40-31)17-19-12-14-23(38-4)22(32)16-19/h8-17,28H,6-7H2,1-5H3/b25-17-/t28-/m1/s1. The second-order valence-corrected chi connectivity index (χ2v) is 10.8. The van der Waals surface area contributed by atoms with Gasteiger partial charge >= 0.3 is 0 Å². The Labute approximate surface area is 241 Å². The summed E-state index contributed by atoms with van der Waals surface area (Å²) in [7, 11) is 3.16. The number of benzene rings is 3. The number of aromatic nitrogens is 1. The van der Waals surface area contributed by atoms with Crippen LogP contribution in [0.15, 0.2) is 75.7 Å². The average Bonchev–Trinajstić information content (AvgIpc) is 3.26. The van der Waals surface area contributed by atoms with Gasteiger partial charge in [0, 0.05) is 18.7 Å². The van der Waals surface area contributed by atoms with Crippen molar-refractivity contribution in [3.05, 3.63) is 102 Å². The summed E-state index contributed by atoms with van der Waals surface area (Å²) in [6.45, 7) is 6.80. The molecule has 7 nitrogen and oxygen atoms in total. The van der Waals surface area contributed by atoms with Crippen LogP contribution < -0.4 is 24.4 Å². The van der Waals surface area contributed by atoms with Gasteiger partial charge in [0.25, 0.3) is 11.5 Å². The van der Waals surface area contributed by atoms with Gasteiger partial charge in [-0.25, -0.2) is 4.99 Å². The number of carbonyl (C=O) groups excluding carboxylic acids is 1. The van der Waals surface area contributed by atoms with Crippen molar-refractivity contribution < 1.29 is 14.3 Å². The number of fused-ring (bicyclic) bond motifs is 2. The Balaban J connectivity index is 1.83. The van der Waals surface area contributed by atoms with E-state index in [0.29, 0.717) is 50.2 Å². The Morgan fingerprint density at radius 3 is 2.45 bits per heavy atom. The number of ether oxygens (including phenoxy) is 2. The normalized spacial score (nSPS) is 15.2. The van der Waals surface area contributed by atoms with Crippen LogP contribution in [0.2, 0.25) is 5.02 Å². The predicted molar refractivity (Wildman–Crippen MR) is 160 cm³/mol. The molecule has 0 spiro atoms. The lowest BCUT2D eigenvalue weighted by Crippen LogP contribution is -2.43. The van der Waals surface area contributed by atoms with Crippen molar-refractivity contribution >= 4 is 45.7 Å². The lowest BCUT2D eigenvalue weighted by atomic mass is 9.90. The number of thiazole rings is 1. The van der Waals surface area contributed by atoms with Crippen molar-refractivity contribution in [1.82, 2.24) is 9.47 Å². The van der Waals surface area contributed by atoms with E-state index in [2.05, 4.69) is 0 Å². The molecule has 0 aliphatic carbocycles. The van der Waals surface area contributed by atoms with Crippen molar-refractivity contribution in [2.24, 2.45) is 4.99 Å². The molecule has 1 amide bonds. The largest absolute Gasteiger partial charge is 0.496 e. The van der Waals surface area contributed by atoms with Crippen molar-refractivity contribution in [3.8, 4) is 11.5 Å². The van der Waals surface area contributed by atoms with Crippen LogP contribution in [0.1, 0.15) is 37.9 Å². The van der Waals surface area contributed by atoms with Crippen LogP contribution in [0.25, 0.3) is 16.8 Å². The molecule has 0 bridgehead atoms. The lowest BCUT2D eigenvalue weighted by molar-refractivity contribution is -0.127. The molecule has 0 saturated carbocycles. The van der Waals surface area contributed by atoms with Crippen LogP contribution in [0.3, 0.4) is 0 Å². The zero-order valence-electron chi connectivity index (χ0n) is 23.0. The van der Waals surface area contributed by atoms with Gasteiger partial charge in [0.1, 0.15) is 17.5 Å². The van der Waals surface area contributed by atoms with Gasteiger partial charge in [0.2, 0.25) is 0 Å². The third-order valence-corrected chi connectivity index (χ3v) is 8.48. The van der Waals surface area contributed by atoms with Crippen molar-refractivity contribution in [2.45, 2.75) is 26.8 Å². The number of rotatable bonds is 7. The summed E-state index contributed by atoms with van der Waals surface area (Å²) in [5, 5.41) is 2.34. The van der Waals surface area contributed by atoms with Gasteiger partial charge in [-0.05, 0) is 61.4 Å². The van der Waals surface area contributed by atoms with Crippen LogP contribution in [0.5, 0.6) is 11.5 Å². The zero-order valence-corrected chi connectivity index (χ0v) is 24.6. The molecular formula is C31H30ClN3O4S. The predicted octanol–water partition coefficient (Wildman–Crippen LogP) is 4.93. The highest BCUT2D eigenvalue weighted by atomic mass is 35.5. The Kier molecular flexibility index (Phi) is 7.83. The molecule has 5 rings (SSSR count). The van der Waals surface area contributed by atoms with Crippen molar-refractivity contribution in [3.63, 3.8) is 0 Å². The van der Waals surface area contributed by atoms with Crippen LogP contribution in [-0.4, -0.2) is 42.7 Å². The zero-order chi connectivity index (χ0) is 28.6. The highest BCUT2D eigenvalue weighted by Crippen LogP contribution is 2.40. The third kappa shape index (κ3) is 4.71. The van der Waals surface area contributed by atoms with Gasteiger partial charge in [-0.1, -0.05) is 59.3 Å². The van der Waals surface area contributed by atoms with E-state index in [0.717, 1.165) is 21.9 Å².